The maximum Gasteiger partial charge on any atom is 0.193 e. The van der Waals surface area contributed by atoms with Gasteiger partial charge in [0.05, 0.1) is 31.8 Å². The maximum atomic E-state index is 14.3. The number of anilines is 1. The molecule has 28 heavy (non-hydrogen) atoms. The van der Waals surface area contributed by atoms with E-state index in [2.05, 4.69) is 15.3 Å². The van der Waals surface area contributed by atoms with Gasteiger partial charge in [0.2, 0.25) is 0 Å². The highest BCUT2D eigenvalue weighted by Gasteiger charge is 2.11. The second kappa shape index (κ2) is 7.99. The Balaban J connectivity index is 1.42. The highest BCUT2D eigenvalue weighted by Crippen LogP contribution is 2.32. The van der Waals surface area contributed by atoms with Crippen molar-refractivity contribution in [3.05, 3.63) is 66.5 Å². The Kier molecular flexibility index (Phi) is 5.09. The van der Waals surface area contributed by atoms with Crippen LogP contribution in [0.3, 0.4) is 0 Å². The zero-order valence-electron chi connectivity index (χ0n) is 15.1. The molecule has 4 rings (SSSR count). The standard InChI is InChI=1S/C20H20FN5O2/c21-16-10-14(2-4-17(16)26-7-6-23-13-26)12-24-20(22)25-15-3-5-18-19(11-15)28-9-1-8-27-18/h2-7,10-11,13H,1,8-9,12H2,(H3,22,24,25). The molecule has 0 atom stereocenters. The van der Waals surface area contributed by atoms with Crippen molar-refractivity contribution >= 4 is 11.6 Å². The Labute approximate surface area is 161 Å². The molecule has 0 aliphatic carbocycles. The van der Waals surface area contributed by atoms with Gasteiger partial charge in [-0.25, -0.2) is 14.4 Å². The first-order valence-electron chi connectivity index (χ1n) is 8.92. The van der Waals surface area contributed by atoms with Gasteiger partial charge in [-0.1, -0.05) is 6.07 Å². The van der Waals surface area contributed by atoms with Crippen molar-refractivity contribution in [2.75, 3.05) is 18.5 Å². The van der Waals surface area contributed by atoms with Gasteiger partial charge in [0.15, 0.2) is 17.5 Å². The van der Waals surface area contributed by atoms with Crippen LogP contribution in [0.25, 0.3) is 5.69 Å². The minimum Gasteiger partial charge on any atom is -0.490 e. The molecule has 1 aromatic heterocycles. The van der Waals surface area contributed by atoms with Crippen molar-refractivity contribution < 1.29 is 13.9 Å². The lowest BCUT2D eigenvalue weighted by Gasteiger charge is -2.11. The number of nitrogens with zero attached hydrogens (tertiary/aromatic N) is 3. The van der Waals surface area contributed by atoms with Gasteiger partial charge in [0, 0.05) is 30.6 Å². The van der Waals surface area contributed by atoms with Crippen molar-refractivity contribution in [3.8, 4) is 17.2 Å². The molecule has 0 unspecified atom stereocenters. The van der Waals surface area contributed by atoms with E-state index in [1.54, 1.807) is 29.4 Å². The number of aromatic nitrogens is 2. The van der Waals surface area contributed by atoms with Crippen LogP contribution in [-0.2, 0) is 6.54 Å². The van der Waals surface area contributed by atoms with Crippen LogP contribution in [0.5, 0.6) is 11.5 Å². The molecule has 0 amide bonds. The molecule has 8 heteroatoms. The number of nitrogens with one attached hydrogen (secondary N) is 1. The molecule has 2 aromatic carbocycles. The zero-order chi connectivity index (χ0) is 19.3. The largest absolute Gasteiger partial charge is 0.490 e. The highest BCUT2D eigenvalue weighted by atomic mass is 19.1. The fourth-order valence-electron chi connectivity index (χ4n) is 2.86. The summed E-state index contributed by atoms with van der Waals surface area (Å²) in [5.74, 6) is 1.27. The molecule has 0 saturated heterocycles. The number of guanidine groups is 1. The van der Waals surface area contributed by atoms with Gasteiger partial charge in [-0.2, -0.15) is 0 Å². The smallest absolute Gasteiger partial charge is 0.193 e. The molecule has 144 valence electrons. The average molecular weight is 381 g/mol. The second-order valence-electron chi connectivity index (χ2n) is 6.29. The molecule has 0 spiro atoms. The summed E-state index contributed by atoms with van der Waals surface area (Å²) >= 11 is 0. The Bertz CT molecular complexity index is 988. The lowest BCUT2D eigenvalue weighted by Crippen LogP contribution is -2.22. The highest BCUT2D eigenvalue weighted by molar-refractivity contribution is 5.92. The maximum absolute atomic E-state index is 14.3. The zero-order valence-corrected chi connectivity index (χ0v) is 15.1. The first kappa shape index (κ1) is 17.8. The number of imidazole rings is 1. The molecule has 0 radical (unpaired) electrons. The molecule has 2 heterocycles. The van der Waals surface area contributed by atoms with Crippen molar-refractivity contribution in [3.63, 3.8) is 0 Å². The number of fused-ring (bicyclic) bond motifs is 1. The van der Waals surface area contributed by atoms with Crippen LogP contribution in [0.4, 0.5) is 10.1 Å². The van der Waals surface area contributed by atoms with E-state index in [0.29, 0.717) is 36.0 Å². The van der Waals surface area contributed by atoms with Gasteiger partial charge in [0.1, 0.15) is 5.82 Å². The Morgan fingerprint density at radius 3 is 2.82 bits per heavy atom. The van der Waals surface area contributed by atoms with Gasteiger partial charge in [-0.05, 0) is 29.8 Å². The summed E-state index contributed by atoms with van der Waals surface area (Å²) in [7, 11) is 0. The van der Waals surface area contributed by atoms with Crippen molar-refractivity contribution in [1.29, 1.82) is 0 Å². The van der Waals surface area contributed by atoms with Crippen LogP contribution >= 0.6 is 0 Å². The normalized spacial score (nSPS) is 13.8. The third-order valence-corrected chi connectivity index (χ3v) is 4.25. The minimum atomic E-state index is -0.347. The first-order chi connectivity index (χ1) is 13.7. The molecule has 0 fully saturated rings. The molecule has 0 saturated carbocycles. The Morgan fingerprint density at radius 2 is 2.04 bits per heavy atom. The van der Waals surface area contributed by atoms with Crippen molar-refractivity contribution in [2.24, 2.45) is 10.7 Å². The summed E-state index contributed by atoms with van der Waals surface area (Å²) in [4.78, 5) is 8.21. The third-order valence-electron chi connectivity index (χ3n) is 4.25. The van der Waals surface area contributed by atoms with Crippen LogP contribution in [0.1, 0.15) is 12.0 Å². The van der Waals surface area contributed by atoms with Gasteiger partial charge in [-0.15, -0.1) is 0 Å². The van der Waals surface area contributed by atoms with Crippen LogP contribution in [0.2, 0.25) is 0 Å². The lowest BCUT2D eigenvalue weighted by molar-refractivity contribution is 0.297. The van der Waals surface area contributed by atoms with E-state index in [1.807, 2.05) is 24.3 Å². The van der Waals surface area contributed by atoms with E-state index in [9.17, 15) is 4.39 Å². The van der Waals surface area contributed by atoms with Gasteiger partial charge in [-0.3, -0.25) is 0 Å². The molecule has 0 bridgehead atoms. The predicted molar refractivity (Wildman–Crippen MR) is 105 cm³/mol. The lowest BCUT2D eigenvalue weighted by atomic mass is 10.2. The molecule has 7 nitrogen and oxygen atoms in total. The molecule has 3 N–H and O–H groups in total. The van der Waals surface area contributed by atoms with Crippen LogP contribution in [0, 0.1) is 5.82 Å². The van der Waals surface area contributed by atoms with Crippen LogP contribution in [-0.4, -0.2) is 28.7 Å². The topological polar surface area (TPSA) is 86.7 Å². The van der Waals surface area contributed by atoms with E-state index in [0.717, 1.165) is 12.1 Å². The second-order valence-corrected chi connectivity index (χ2v) is 6.29. The van der Waals surface area contributed by atoms with E-state index in [-0.39, 0.29) is 18.3 Å². The predicted octanol–water partition coefficient (Wildman–Crippen LogP) is 3.10. The van der Waals surface area contributed by atoms with E-state index in [1.165, 1.54) is 6.07 Å². The van der Waals surface area contributed by atoms with E-state index < -0.39 is 0 Å². The SMILES string of the molecule is NC(=NCc1ccc(-n2ccnc2)c(F)c1)Nc1ccc2c(c1)OCCCO2. The fourth-order valence-corrected chi connectivity index (χ4v) is 2.86. The Morgan fingerprint density at radius 1 is 1.18 bits per heavy atom. The summed E-state index contributed by atoms with van der Waals surface area (Å²) in [6.45, 7) is 1.50. The number of rotatable bonds is 4. The van der Waals surface area contributed by atoms with Gasteiger partial charge < -0.3 is 25.1 Å². The van der Waals surface area contributed by atoms with Crippen LogP contribution < -0.4 is 20.5 Å². The molecule has 1 aliphatic rings. The number of aliphatic imine (C=N–C) groups is 1. The van der Waals surface area contributed by atoms with Crippen molar-refractivity contribution in [1.82, 2.24) is 9.55 Å². The summed E-state index contributed by atoms with van der Waals surface area (Å²) in [5, 5.41) is 3.02. The van der Waals surface area contributed by atoms with E-state index >= 15 is 0 Å². The number of benzene rings is 2. The van der Waals surface area contributed by atoms with Crippen LogP contribution in [0.15, 0.2) is 60.1 Å². The minimum absolute atomic E-state index is 0.230. The Hall–Kier alpha value is -3.55. The summed E-state index contributed by atoms with van der Waals surface area (Å²) < 4.78 is 27.2. The van der Waals surface area contributed by atoms with Gasteiger partial charge >= 0.3 is 0 Å². The average Bonchev–Trinajstić information content (AvgIpc) is 3.12. The third kappa shape index (κ3) is 4.06. The first-order valence-corrected chi connectivity index (χ1v) is 8.92. The summed E-state index contributed by atoms with van der Waals surface area (Å²) in [6.07, 6.45) is 5.68. The number of hydrogen-bond donors (Lipinski definition) is 2. The molecular formula is C20H20FN5O2. The number of nitrogens with two attached hydrogens (primary N) is 1. The van der Waals surface area contributed by atoms with Gasteiger partial charge in [0.25, 0.3) is 0 Å². The molecule has 1 aliphatic heterocycles. The summed E-state index contributed by atoms with van der Waals surface area (Å²) in [6, 6.07) is 10.4. The number of hydrogen-bond acceptors (Lipinski definition) is 4. The van der Waals surface area contributed by atoms with Crippen molar-refractivity contribution in [2.45, 2.75) is 13.0 Å². The number of halogens is 1. The number of ether oxygens (including phenoxy) is 2. The molecular weight excluding hydrogens is 361 g/mol. The monoisotopic (exact) mass is 381 g/mol. The quantitative estimate of drug-likeness (QED) is 0.536. The van der Waals surface area contributed by atoms with E-state index in [4.69, 9.17) is 15.2 Å². The summed E-state index contributed by atoms with van der Waals surface area (Å²) in [5.41, 5.74) is 7.86. The molecule has 3 aromatic rings. The fraction of sp³-hybridized carbons (Fsp3) is 0.200.